The lowest BCUT2D eigenvalue weighted by atomic mass is 10.1. The first kappa shape index (κ1) is 22.4. The van der Waals surface area contributed by atoms with Crippen LogP contribution in [0, 0.1) is 0 Å². The summed E-state index contributed by atoms with van der Waals surface area (Å²) in [6, 6.07) is 25.1. The third-order valence-electron chi connectivity index (χ3n) is 5.15. The van der Waals surface area contributed by atoms with E-state index in [9.17, 15) is 4.79 Å². The Bertz CT molecular complexity index is 1420. The molecule has 0 radical (unpaired) electrons. The third kappa shape index (κ3) is 4.92. The van der Waals surface area contributed by atoms with Crippen LogP contribution in [0.2, 0.25) is 5.02 Å². The van der Waals surface area contributed by atoms with Gasteiger partial charge in [-0.15, -0.1) is 0 Å². The molecule has 1 aliphatic heterocycles. The van der Waals surface area contributed by atoms with Gasteiger partial charge in [0.2, 0.25) is 0 Å². The molecule has 5 nitrogen and oxygen atoms in total. The Balaban J connectivity index is 1.51. The first-order valence-corrected chi connectivity index (χ1v) is 12.0. The van der Waals surface area contributed by atoms with E-state index >= 15 is 0 Å². The molecule has 34 heavy (non-hydrogen) atoms. The van der Waals surface area contributed by atoms with Crippen LogP contribution in [-0.2, 0) is 11.4 Å². The fourth-order valence-electron chi connectivity index (χ4n) is 3.50. The lowest BCUT2D eigenvalue weighted by Crippen LogP contribution is -2.17. The van der Waals surface area contributed by atoms with Gasteiger partial charge in [0.15, 0.2) is 0 Å². The topological polar surface area (TPSA) is 56.2 Å². The molecule has 3 aromatic carbocycles. The molecule has 0 saturated carbocycles. The molecule has 0 bridgehead atoms. The van der Waals surface area contributed by atoms with Crippen LogP contribution in [-0.4, -0.2) is 20.0 Å². The maximum absolute atomic E-state index is 12.3. The number of thioether (sulfide) groups is 1. The molecule has 2 heterocycles. The van der Waals surface area contributed by atoms with Gasteiger partial charge in [0, 0.05) is 27.9 Å². The number of amides is 1. The molecule has 0 aliphatic carbocycles. The highest BCUT2D eigenvalue weighted by Crippen LogP contribution is 2.32. The number of nitrogens with zero attached hydrogens (tertiary/aromatic N) is 2. The van der Waals surface area contributed by atoms with Gasteiger partial charge in [0.05, 0.1) is 10.6 Å². The quantitative estimate of drug-likeness (QED) is 0.248. The maximum Gasteiger partial charge on any atom is 0.263 e. The van der Waals surface area contributed by atoms with Gasteiger partial charge in [-0.2, -0.15) is 5.10 Å². The number of ether oxygens (including phenoxy) is 1. The SMILES string of the molecule is O=C1NC(=S)S/C1=C/c1cn(-c2ccccc2)nc1-c1cccc(OCc2ccccc2Cl)c1. The van der Waals surface area contributed by atoms with Crippen molar-refractivity contribution < 1.29 is 9.53 Å². The summed E-state index contributed by atoms with van der Waals surface area (Å²) in [5.41, 5.74) is 4.22. The van der Waals surface area contributed by atoms with Gasteiger partial charge < -0.3 is 10.1 Å². The number of halogens is 1. The average Bonchev–Trinajstić information content (AvgIpc) is 3.42. The summed E-state index contributed by atoms with van der Waals surface area (Å²) in [6.07, 6.45) is 3.72. The highest BCUT2D eigenvalue weighted by atomic mass is 35.5. The largest absolute Gasteiger partial charge is 0.489 e. The van der Waals surface area contributed by atoms with E-state index in [1.807, 2.05) is 91.1 Å². The zero-order chi connectivity index (χ0) is 23.5. The molecule has 0 unspecified atom stereocenters. The number of para-hydroxylation sites is 1. The van der Waals surface area contributed by atoms with E-state index in [0.717, 1.165) is 28.1 Å². The Morgan fingerprint density at radius 2 is 1.85 bits per heavy atom. The Morgan fingerprint density at radius 3 is 2.62 bits per heavy atom. The number of carbonyl (C=O) groups is 1. The van der Waals surface area contributed by atoms with Crippen LogP contribution in [0.25, 0.3) is 23.0 Å². The smallest absolute Gasteiger partial charge is 0.263 e. The van der Waals surface area contributed by atoms with Crippen LogP contribution in [0.3, 0.4) is 0 Å². The van der Waals surface area contributed by atoms with E-state index in [4.69, 9.17) is 33.7 Å². The molecule has 1 aliphatic rings. The van der Waals surface area contributed by atoms with Crippen LogP contribution < -0.4 is 10.1 Å². The predicted octanol–water partition coefficient (Wildman–Crippen LogP) is 6.26. The molecule has 1 saturated heterocycles. The Hall–Kier alpha value is -3.39. The zero-order valence-corrected chi connectivity index (χ0v) is 20.2. The predicted molar refractivity (Wildman–Crippen MR) is 141 cm³/mol. The Kier molecular flexibility index (Phi) is 6.49. The normalized spacial score (nSPS) is 14.4. The molecule has 0 spiro atoms. The van der Waals surface area contributed by atoms with E-state index in [0.29, 0.717) is 26.6 Å². The molecule has 0 atom stereocenters. The summed E-state index contributed by atoms with van der Waals surface area (Å²) in [4.78, 5) is 12.8. The van der Waals surface area contributed by atoms with Crippen molar-refractivity contribution >= 4 is 51.9 Å². The van der Waals surface area contributed by atoms with Gasteiger partial charge in [-0.3, -0.25) is 4.79 Å². The van der Waals surface area contributed by atoms with Crippen molar-refractivity contribution in [2.75, 3.05) is 0 Å². The van der Waals surface area contributed by atoms with Gasteiger partial charge in [0.25, 0.3) is 5.91 Å². The molecule has 5 rings (SSSR count). The summed E-state index contributed by atoms with van der Waals surface area (Å²) in [5.74, 6) is 0.490. The number of benzene rings is 3. The number of nitrogens with one attached hydrogen (secondary N) is 1. The van der Waals surface area contributed by atoms with Gasteiger partial charge in [-0.25, -0.2) is 4.68 Å². The van der Waals surface area contributed by atoms with Crippen LogP contribution >= 0.6 is 35.6 Å². The molecule has 1 N–H and O–H groups in total. The number of hydrogen-bond donors (Lipinski definition) is 1. The van der Waals surface area contributed by atoms with Crippen molar-refractivity contribution in [2.24, 2.45) is 0 Å². The highest BCUT2D eigenvalue weighted by molar-refractivity contribution is 8.26. The van der Waals surface area contributed by atoms with Crippen molar-refractivity contribution in [3.05, 3.63) is 106 Å². The van der Waals surface area contributed by atoms with Crippen molar-refractivity contribution in [2.45, 2.75) is 6.61 Å². The Morgan fingerprint density at radius 1 is 1.06 bits per heavy atom. The van der Waals surface area contributed by atoms with Gasteiger partial charge >= 0.3 is 0 Å². The molecule has 1 fully saturated rings. The fourth-order valence-corrected chi connectivity index (χ4v) is 4.73. The third-order valence-corrected chi connectivity index (χ3v) is 6.68. The fraction of sp³-hybridized carbons (Fsp3) is 0.0385. The molecule has 8 heteroatoms. The van der Waals surface area contributed by atoms with Gasteiger partial charge in [0.1, 0.15) is 22.4 Å². The first-order valence-electron chi connectivity index (χ1n) is 10.4. The molecule has 168 valence electrons. The maximum atomic E-state index is 12.3. The van der Waals surface area contributed by atoms with Crippen molar-refractivity contribution in [1.29, 1.82) is 0 Å². The van der Waals surface area contributed by atoms with Crippen LogP contribution in [0.4, 0.5) is 0 Å². The molecule has 1 aromatic heterocycles. The second-order valence-electron chi connectivity index (χ2n) is 7.47. The molecular formula is C26H18ClN3O2S2. The average molecular weight is 504 g/mol. The number of carbonyl (C=O) groups excluding carboxylic acids is 1. The summed E-state index contributed by atoms with van der Waals surface area (Å²) >= 11 is 12.6. The van der Waals surface area contributed by atoms with E-state index in [-0.39, 0.29) is 5.91 Å². The lowest BCUT2D eigenvalue weighted by Gasteiger charge is -2.09. The second kappa shape index (κ2) is 9.85. The van der Waals surface area contributed by atoms with Crippen molar-refractivity contribution in [3.63, 3.8) is 0 Å². The van der Waals surface area contributed by atoms with Crippen molar-refractivity contribution in [3.8, 4) is 22.7 Å². The van der Waals surface area contributed by atoms with E-state index in [1.54, 1.807) is 4.68 Å². The van der Waals surface area contributed by atoms with E-state index in [2.05, 4.69) is 5.32 Å². The minimum Gasteiger partial charge on any atom is -0.489 e. The number of hydrogen-bond acceptors (Lipinski definition) is 5. The summed E-state index contributed by atoms with van der Waals surface area (Å²) in [5, 5.41) is 8.16. The highest BCUT2D eigenvalue weighted by Gasteiger charge is 2.23. The van der Waals surface area contributed by atoms with E-state index < -0.39 is 0 Å². The van der Waals surface area contributed by atoms with Crippen LogP contribution in [0.5, 0.6) is 5.75 Å². The second-order valence-corrected chi connectivity index (χ2v) is 9.60. The minimum absolute atomic E-state index is 0.203. The minimum atomic E-state index is -0.203. The molecule has 4 aromatic rings. The summed E-state index contributed by atoms with van der Waals surface area (Å²) in [7, 11) is 0. The summed E-state index contributed by atoms with van der Waals surface area (Å²) < 4.78 is 8.26. The van der Waals surface area contributed by atoms with Crippen LogP contribution in [0.1, 0.15) is 11.1 Å². The van der Waals surface area contributed by atoms with Crippen molar-refractivity contribution in [1.82, 2.24) is 15.1 Å². The lowest BCUT2D eigenvalue weighted by molar-refractivity contribution is -0.115. The van der Waals surface area contributed by atoms with Gasteiger partial charge in [-0.05, 0) is 36.4 Å². The zero-order valence-electron chi connectivity index (χ0n) is 17.8. The summed E-state index contributed by atoms with van der Waals surface area (Å²) in [6.45, 7) is 0.354. The monoisotopic (exact) mass is 503 g/mol. The Labute approximate surface area is 211 Å². The standard InChI is InChI=1S/C26H18ClN3O2S2/c27-22-12-5-4-7-18(22)16-32-21-11-6-8-17(13-21)24-19(14-23-25(31)28-26(33)34-23)15-30(29-24)20-9-2-1-3-10-20/h1-15H,16H2,(H,28,31,33)/b23-14+. The number of aromatic nitrogens is 2. The number of thiocarbonyl (C=S) groups is 1. The molecule has 1 amide bonds. The van der Waals surface area contributed by atoms with Crippen LogP contribution in [0.15, 0.2) is 90.0 Å². The van der Waals surface area contributed by atoms with E-state index in [1.165, 1.54) is 11.8 Å². The molecular weight excluding hydrogens is 486 g/mol. The first-order chi connectivity index (χ1) is 16.6. The number of rotatable bonds is 6. The van der Waals surface area contributed by atoms with Gasteiger partial charge in [-0.1, -0.05) is 84.1 Å².